The van der Waals surface area contributed by atoms with E-state index in [2.05, 4.69) is 64.0 Å². The van der Waals surface area contributed by atoms with E-state index in [0.29, 0.717) is 41.5 Å². The molecule has 1 aromatic carbocycles. The molecule has 1 aliphatic carbocycles. The van der Waals surface area contributed by atoms with Gasteiger partial charge in [-0.25, -0.2) is 9.37 Å². The molecule has 3 unspecified atom stereocenters. The van der Waals surface area contributed by atoms with Crippen molar-refractivity contribution in [1.82, 2.24) is 20.1 Å². The molecule has 3 atom stereocenters. The quantitative estimate of drug-likeness (QED) is 0.409. The Hall–Kier alpha value is -3.06. The molecular formula is C29H36FN5O. The van der Waals surface area contributed by atoms with E-state index >= 15 is 0 Å². The molecule has 0 amide bonds. The molecule has 0 N–H and O–H groups in total. The van der Waals surface area contributed by atoms with Gasteiger partial charge in [-0.15, -0.1) is 10.2 Å². The number of nitrogens with zero attached hydrogens (tertiary/aromatic N) is 5. The molecule has 5 rings (SSSR count). The van der Waals surface area contributed by atoms with E-state index in [4.69, 9.17) is 4.42 Å². The summed E-state index contributed by atoms with van der Waals surface area (Å²) < 4.78 is 20.0. The van der Waals surface area contributed by atoms with Crippen LogP contribution in [0.5, 0.6) is 0 Å². The van der Waals surface area contributed by atoms with Gasteiger partial charge in [0.1, 0.15) is 11.6 Å². The summed E-state index contributed by atoms with van der Waals surface area (Å²) in [7, 11) is 0. The fourth-order valence-electron chi connectivity index (χ4n) is 5.77. The van der Waals surface area contributed by atoms with Crippen LogP contribution in [0.15, 0.2) is 64.7 Å². The fraction of sp³-hybridized carbons (Fsp3) is 0.483. The van der Waals surface area contributed by atoms with Crippen LogP contribution >= 0.6 is 0 Å². The fourth-order valence-corrected chi connectivity index (χ4v) is 5.77. The lowest BCUT2D eigenvalue weighted by atomic mass is 9.69. The Morgan fingerprint density at radius 3 is 2.53 bits per heavy atom. The van der Waals surface area contributed by atoms with Crippen molar-refractivity contribution in [2.45, 2.75) is 33.6 Å². The summed E-state index contributed by atoms with van der Waals surface area (Å²) in [5, 5.41) is 8.37. The number of halogens is 1. The van der Waals surface area contributed by atoms with Gasteiger partial charge < -0.3 is 9.32 Å². The zero-order valence-electron chi connectivity index (χ0n) is 21.5. The van der Waals surface area contributed by atoms with E-state index in [-0.39, 0.29) is 11.7 Å². The summed E-state index contributed by atoms with van der Waals surface area (Å²) in [6.45, 7) is 12.2. The van der Waals surface area contributed by atoms with Crippen molar-refractivity contribution in [2.24, 2.45) is 23.7 Å². The minimum absolute atomic E-state index is 0.253. The Bertz CT molecular complexity index is 1170. The molecule has 2 aromatic heterocycles. The number of piperazine rings is 1. The van der Waals surface area contributed by atoms with E-state index in [0.717, 1.165) is 45.0 Å². The summed E-state index contributed by atoms with van der Waals surface area (Å²) in [4.78, 5) is 9.51. The highest BCUT2D eigenvalue weighted by Gasteiger charge is 2.34. The minimum Gasteiger partial charge on any atom is -0.421 e. The van der Waals surface area contributed by atoms with Gasteiger partial charge in [0.05, 0.1) is 5.56 Å². The molecule has 190 valence electrons. The highest BCUT2D eigenvalue weighted by molar-refractivity contribution is 5.53. The average Bonchev–Trinajstić information content (AvgIpc) is 3.35. The first-order chi connectivity index (χ1) is 17.5. The van der Waals surface area contributed by atoms with Gasteiger partial charge >= 0.3 is 0 Å². The van der Waals surface area contributed by atoms with E-state index < -0.39 is 0 Å². The molecule has 7 heteroatoms. The third-order valence-corrected chi connectivity index (χ3v) is 7.89. The first-order valence-electron chi connectivity index (χ1n) is 13.1. The predicted octanol–water partition coefficient (Wildman–Crippen LogP) is 5.49. The molecular weight excluding hydrogens is 453 g/mol. The zero-order chi connectivity index (χ0) is 25.1. The molecule has 36 heavy (non-hydrogen) atoms. The van der Waals surface area contributed by atoms with Gasteiger partial charge in [-0.3, -0.25) is 4.90 Å². The molecule has 3 heterocycles. The number of anilines is 1. The normalized spacial score (nSPS) is 23.2. The van der Waals surface area contributed by atoms with Crippen molar-refractivity contribution in [3.05, 3.63) is 72.0 Å². The first kappa shape index (κ1) is 24.6. The van der Waals surface area contributed by atoms with Gasteiger partial charge in [0.2, 0.25) is 5.89 Å². The number of hydrogen-bond acceptors (Lipinski definition) is 6. The second-order valence-electron chi connectivity index (χ2n) is 10.6. The molecule has 6 nitrogen and oxygen atoms in total. The number of pyridine rings is 1. The first-order valence-corrected chi connectivity index (χ1v) is 13.1. The van der Waals surface area contributed by atoms with Crippen LogP contribution < -0.4 is 4.90 Å². The van der Waals surface area contributed by atoms with Crippen molar-refractivity contribution in [1.29, 1.82) is 0 Å². The van der Waals surface area contributed by atoms with Crippen LogP contribution in [0.25, 0.3) is 11.5 Å². The maximum atomic E-state index is 14.1. The molecule has 0 saturated carbocycles. The van der Waals surface area contributed by atoms with Crippen molar-refractivity contribution < 1.29 is 8.81 Å². The molecule has 1 fully saturated rings. The third-order valence-electron chi connectivity index (χ3n) is 7.89. The number of allylic oxidation sites excluding steroid dienone is 1. The molecule has 0 radical (unpaired) electrons. The van der Waals surface area contributed by atoms with Gasteiger partial charge in [0.25, 0.3) is 5.89 Å². The average molecular weight is 490 g/mol. The monoisotopic (exact) mass is 489 g/mol. The summed E-state index contributed by atoms with van der Waals surface area (Å²) in [5.41, 5.74) is 1.75. The highest BCUT2D eigenvalue weighted by Crippen LogP contribution is 2.39. The lowest BCUT2D eigenvalue weighted by Gasteiger charge is -2.41. The smallest absolute Gasteiger partial charge is 0.250 e. The standard InChI is InChI=1S/C29H36FN5O/c1-20(2)25-17-22(18-28-32-33-29(36-28)24-8-4-5-9-26(24)30)21(3)16-23(25)19-34-12-14-35(15-13-34)27-10-6-7-11-31-27/h4-11,16,20,22-23,25H,12-15,17-19H2,1-3H3. The number of aromatic nitrogens is 3. The van der Waals surface area contributed by atoms with Gasteiger partial charge in [0, 0.05) is 45.3 Å². The van der Waals surface area contributed by atoms with Crippen LogP contribution in [0, 0.1) is 29.5 Å². The Balaban J connectivity index is 1.23. The molecule has 1 aliphatic heterocycles. The SMILES string of the molecule is CC1=CC(CN2CCN(c3ccccn3)CC2)C(C(C)C)CC1Cc1nnc(-c2ccccc2F)o1. The molecule has 2 aliphatic rings. The van der Waals surface area contributed by atoms with E-state index in [1.54, 1.807) is 18.2 Å². The zero-order valence-corrected chi connectivity index (χ0v) is 21.5. The predicted molar refractivity (Wildman–Crippen MR) is 140 cm³/mol. The second kappa shape index (κ2) is 10.9. The summed E-state index contributed by atoms with van der Waals surface area (Å²) in [6, 6.07) is 12.7. The molecule has 0 spiro atoms. The molecule has 3 aromatic rings. The van der Waals surface area contributed by atoms with Gasteiger partial charge in [-0.2, -0.15) is 0 Å². The third kappa shape index (κ3) is 5.51. The number of hydrogen-bond donors (Lipinski definition) is 0. The van der Waals surface area contributed by atoms with E-state index in [1.807, 2.05) is 12.3 Å². The van der Waals surface area contributed by atoms with Crippen LogP contribution in [0.1, 0.15) is 33.1 Å². The molecule has 0 bridgehead atoms. The summed E-state index contributed by atoms with van der Waals surface area (Å²) in [6.07, 6.45) is 6.17. The summed E-state index contributed by atoms with van der Waals surface area (Å²) >= 11 is 0. The van der Waals surface area contributed by atoms with Crippen LogP contribution in [0.3, 0.4) is 0 Å². The Morgan fingerprint density at radius 2 is 1.81 bits per heavy atom. The lowest BCUT2D eigenvalue weighted by molar-refractivity contribution is 0.155. The van der Waals surface area contributed by atoms with Crippen molar-refractivity contribution in [3.63, 3.8) is 0 Å². The van der Waals surface area contributed by atoms with Crippen LogP contribution in [0.2, 0.25) is 0 Å². The maximum Gasteiger partial charge on any atom is 0.250 e. The number of rotatable bonds is 7. The van der Waals surface area contributed by atoms with E-state index in [1.165, 1.54) is 11.6 Å². The topological polar surface area (TPSA) is 58.3 Å². The van der Waals surface area contributed by atoms with E-state index in [9.17, 15) is 4.39 Å². The minimum atomic E-state index is -0.343. The van der Waals surface area contributed by atoms with Gasteiger partial charge in [-0.05, 0) is 61.3 Å². The van der Waals surface area contributed by atoms with Crippen molar-refractivity contribution >= 4 is 5.82 Å². The Labute approximate surface area is 213 Å². The maximum absolute atomic E-state index is 14.1. The molecule has 1 saturated heterocycles. The van der Waals surface area contributed by atoms with Crippen LogP contribution in [-0.4, -0.2) is 52.8 Å². The van der Waals surface area contributed by atoms with Gasteiger partial charge in [0.15, 0.2) is 0 Å². The lowest BCUT2D eigenvalue weighted by Crippen LogP contribution is -2.49. The van der Waals surface area contributed by atoms with Gasteiger partial charge in [-0.1, -0.05) is 43.7 Å². The van der Waals surface area contributed by atoms with Crippen LogP contribution in [-0.2, 0) is 6.42 Å². The summed E-state index contributed by atoms with van der Waals surface area (Å²) in [5.74, 6) is 3.66. The number of benzene rings is 1. The Morgan fingerprint density at radius 1 is 1.03 bits per heavy atom. The largest absolute Gasteiger partial charge is 0.421 e. The highest BCUT2D eigenvalue weighted by atomic mass is 19.1. The second-order valence-corrected chi connectivity index (χ2v) is 10.6. The van der Waals surface area contributed by atoms with Crippen molar-refractivity contribution in [3.8, 4) is 11.5 Å². The van der Waals surface area contributed by atoms with Crippen molar-refractivity contribution in [2.75, 3.05) is 37.6 Å². The van der Waals surface area contributed by atoms with Crippen LogP contribution in [0.4, 0.5) is 10.2 Å². The Kier molecular flexibility index (Phi) is 7.46.